The average molecular weight is 502 g/mol. The Kier molecular flexibility index (Phi) is 8.43. The van der Waals surface area contributed by atoms with Gasteiger partial charge >= 0.3 is 11.9 Å². The number of benzene rings is 3. The van der Waals surface area contributed by atoms with Gasteiger partial charge in [-0.15, -0.1) is 0 Å². The van der Waals surface area contributed by atoms with E-state index in [9.17, 15) is 9.59 Å². The molecular formula is C29H31N3O5. The normalized spacial score (nSPS) is 16.5. The molecule has 0 radical (unpaired) electrons. The number of aliphatic hydroxyl groups is 1. The predicted molar refractivity (Wildman–Crippen MR) is 144 cm³/mol. The summed E-state index contributed by atoms with van der Waals surface area (Å²) < 4.78 is 9.36. The van der Waals surface area contributed by atoms with Crippen molar-refractivity contribution in [2.45, 2.75) is 11.8 Å². The Hall–Kier alpha value is -4.30. The van der Waals surface area contributed by atoms with E-state index in [4.69, 9.17) is 9.84 Å². The number of ether oxygens (including phenoxy) is 2. The minimum absolute atomic E-state index is 0.138. The zero-order valence-corrected chi connectivity index (χ0v) is 20.9. The van der Waals surface area contributed by atoms with Crippen LogP contribution in [-0.2, 0) is 14.3 Å². The maximum absolute atomic E-state index is 11.3. The second kappa shape index (κ2) is 12.1. The summed E-state index contributed by atoms with van der Waals surface area (Å²) in [5.74, 6) is -0.317. The number of methoxy groups -OCH3 is 2. The third-order valence-corrected chi connectivity index (χ3v) is 6.47. The van der Waals surface area contributed by atoms with Crippen molar-refractivity contribution in [1.29, 1.82) is 0 Å². The standard InChI is InChI=1S/C10H11NO2.C10H9NO2.C9H11NO/c2*1-13-10(12)8-6-11-9-5-3-2-4-7(8)9;11-6-7-5-10-9-4-2-1-3-8(7)9/h2-5,8,11H,6H2,1H3;2-6,11H,1H3;1-4,7,10-11H,5-6H2. The van der Waals surface area contributed by atoms with E-state index < -0.39 is 0 Å². The van der Waals surface area contributed by atoms with Crippen LogP contribution < -0.4 is 10.6 Å². The lowest BCUT2D eigenvalue weighted by Gasteiger charge is -2.06. The molecule has 0 saturated carbocycles. The summed E-state index contributed by atoms with van der Waals surface area (Å²) in [5.41, 5.74) is 6.02. The molecule has 2 unspecified atom stereocenters. The van der Waals surface area contributed by atoms with Crippen LogP contribution in [0.5, 0.6) is 0 Å². The molecule has 3 aromatic carbocycles. The molecule has 1 aromatic heterocycles. The number of hydrogen-bond acceptors (Lipinski definition) is 7. The Morgan fingerprint density at radius 2 is 1.46 bits per heavy atom. The Labute approximate surface area is 215 Å². The molecule has 2 aliphatic rings. The summed E-state index contributed by atoms with van der Waals surface area (Å²) in [7, 11) is 2.80. The van der Waals surface area contributed by atoms with Crippen LogP contribution in [0.1, 0.15) is 33.3 Å². The fourth-order valence-corrected chi connectivity index (χ4v) is 4.51. The van der Waals surface area contributed by atoms with Crippen LogP contribution in [0.25, 0.3) is 10.9 Å². The number of carbonyl (C=O) groups excluding carboxylic acids is 2. The molecule has 0 bridgehead atoms. The first-order valence-electron chi connectivity index (χ1n) is 12.1. The van der Waals surface area contributed by atoms with Crippen LogP contribution >= 0.6 is 0 Å². The topological polar surface area (TPSA) is 113 Å². The largest absolute Gasteiger partial charge is 0.468 e. The van der Waals surface area contributed by atoms with Crippen LogP contribution in [0.3, 0.4) is 0 Å². The maximum Gasteiger partial charge on any atom is 0.340 e. The third kappa shape index (κ3) is 5.76. The molecule has 192 valence electrons. The van der Waals surface area contributed by atoms with Crippen molar-refractivity contribution in [3.8, 4) is 0 Å². The number of anilines is 2. The molecule has 0 aliphatic carbocycles. The zero-order valence-electron chi connectivity index (χ0n) is 20.9. The van der Waals surface area contributed by atoms with Crippen LogP contribution in [0.2, 0.25) is 0 Å². The highest BCUT2D eigenvalue weighted by atomic mass is 16.5. The second-order valence-electron chi connectivity index (χ2n) is 8.63. The summed E-state index contributed by atoms with van der Waals surface area (Å²) in [6.07, 6.45) is 1.66. The summed E-state index contributed by atoms with van der Waals surface area (Å²) in [6.45, 7) is 1.76. The zero-order chi connectivity index (χ0) is 26.2. The van der Waals surface area contributed by atoms with E-state index in [1.54, 1.807) is 6.20 Å². The molecule has 8 heteroatoms. The number of carbonyl (C=O) groups is 2. The van der Waals surface area contributed by atoms with E-state index in [1.165, 1.54) is 25.5 Å². The van der Waals surface area contributed by atoms with Crippen molar-refractivity contribution in [2.24, 2.45) is 0 Å². The molecule has 0 saturated heterocycles. The van der Waals surface area contributed by atoms with Gasteiger partial charge in [-0.05, 0) is 29.3 Å². The number of esters is 2. The van der Waals surface area contributed by atoms with Gasteiger partial charge in [0.25, 0.3) is 0 Å². The van der Waals surface area contributed by atoms with E-state index in [1.807, 2.05) is 66.7 Å². The monoisotopic (exact) mass is 501 g/mol. The third-order valence-electron chi connectivity index (χ3n) is 6.47. The number of aromatic nitrogens is 1. The highest BCUT2D eigenvalue weighted by Gasteiger charge is 2.28. The summed E-state index contributed by atoms with van der Waals surface area (Å²) >= 11 is 0. The molecule has 2 atom stereocenters. The number of hydrogen-bond donors (Lipinski definition) is 4. The highest BCUT2D eigenvalue weighted by Crippen LogP contribution is 2.31. The van der Waals surface area contributed by atoms with Gasteiger partial charge in [0, 0.05) is 47.5 Å². The number of para-hydroxylation sites is 3. The van der Waals surface area contributed by atoms with Crippen molar-refractivity contribution in [2.75, 3.05) is 44.5 Å². The molecule has 0 spiro atoms. The van der Waals surface area contributed by atoms with Crippen molar-refractivity contribution in [3.63, 3.8) is 0 Å². The van der Waals surface area contributed by atoms with E-state index in [2.05, 4.69) is 26.4 Å². The summed E-state index contributed by atoms with van der Waals surface area (Å²) in [4.78, 5) is 25.6. The number of rotatable bonds is 3. The molecule has 3 heterocycles. The molecule has 0 fully saturated rings. The van der Waals surface area contributed by atoms with E-state index in [-0.39, 0.29) is 24.5 Å². The Balaban J connectivity index is 0.000000130. The molecule has 6 rings (SSSR count). The van der Waals surface area contributed by atoms with Crippen LogP contribution in [0.15, 0.2) is 79.0 Å². The molecule has 2 aliphatic heterocycles. The molecule has 4 aromatic rings. The summed E-state index contributed by atoms with van der Waals surface area (Å²) in [5, 5.41) is 16.3. The lowest BCUT2D eigenvalue weighted by atomic mass is 10.0. The highest BCUT2D eigenvalue weighted by molar-refractivity contribution is 6.03. The van der Waals surface area contributed by atoms with Gasteiger partial charge in [-0.25, -0.2) is 4.79 Å². The first kappa shape index (κ1) is 25.8. The van der Waals surface area contributed by atoms with Crippen LogP contribution in [0, 0.1) is 0 Å². The number of fused-ring (bicyclic) bond motifs is 3. The maximum atomic E-state index is 11.3. The van der Waals surface area contributed by atoms with Crippen LogP contribution in [0.4, 0.5) is 11.4 Å². The lowest BCUT2D eigenvalue weighted by molar-refractivity contribution is -0.141. The van der Waals surface area contributed by atoms with Crippen LogP contribution in [-0.4, -0.2) is 55.9 Å². The Morgan fingerprint density at radius 3 is 2.16 bits per heavy atom. The first-order valence-corrected chi connectivity index (χ1v) is 12.1. The number of H-pyrrole nitrogens is 1. The molecule has 0 amide bonds. The summed E-state index contributed by atoms with van der Waals surface area (Å²) in [6, 6.07) is 23.5. The molecule has 4 N–H and O–H groups in total. The van der Waals surface area contributed by atoms with E-state index >= 15 is 0 Å². The second-order valence-corrected chi connectivity index (χ2v) is 8.63. The average Bonchev–Trinajstić information content (AvgIpc) is 3.69. The first-order chi connectivity index (χ1) is 18.1. The van der Waals surface area contributed by atoms with Gasteiger partial charge in [0.15, 0.2) is 0 Å². The van der Waals surface area contributed by atoms with E-state index in [0.717, 1.165) is 28.7 Å². The molecule has 8 nitrogen and oxygen atoms in total. The van der Waals surface area contributed by atoms with Gasteiger partial charge in [0.05, 0.1) is 26.4 Å². The Morgan fingerprint density at radius 1 is 0.838 bits per heavy atom. The van der Waals surface area contributed by atoms with Crippen molar-refractivity contribution >= 4 is 34.2 Å². The van der Waals surface area contributed by atoms with E-state index in [0.29, 0.717) is 18.0 Å². The fraction of sp³-hybridized carbons (Fsp3) is 0.241. The quantitative estimate of drug-likeness (QED) is 0.306. The lowest BCUT2D eigenvalue weighted by Crippen LogP contribution is -2.15. The molecule has 37 heavy (non-hydrogen) atoms. The molecular weight excluding hydrogens is 470 g/mol. The van der Waals surface area contributed by atoms with Gasteiger partial charge in [-0.2, -0.15) is 0 Å². The number of aromatic amines is 1. The van der Waals surface area contributed by atoms with Gasteiger partial charge < -0.3 is 30.2 Å². The smallest absolute Gasteiger partial charge is 0.340 e. The van der Waals surface area contributed by atoms with Gasteiger partial charge in [0.1, 0.15) is 5.92 Å². The minimum atomic E-state index is -0.308. The number of aliphatic hydroxyl groups excluding tert-OH is 1. The number of nitrogens with one attached hydrogen (secondary N) is 3. The van der Waals surface area contributed by atoms with Crippen molar-refractivity contribution < 1.29 is 24.2 Å². The predicted octanol–water partition coefficient (Wildman–Crippen LogP) is 4.51. The van der Waals surface area contributed by atoms with Gasteiger partial charge in [0.2, 0.25) is 0 Å². The van der Waals surface area contributed by atoms with Gasteiger partial charge in [-0.3, -0.25) is 4.79 Å². The minimum Gasteiger partial charge on any atom is -0.468 e. The SMILES string of the molecule is COC(=O)C1CNc2ccccc21.COC(=O)c1c[nH]c2ccccc12.OCC1CNc2ccccc21. The van der Waals surface area contributed by atoms with Crippen molar-refractivity contribution in [3.05, 3.63) is 95.7 Å². The van der Waals surface area contributed by atoms with Gasteiger partial charge in [-0.1, -0.05) is 54.6 Å². The van der Waals surface area contributed by atoms with Crippen molar-refractivity contribution in [1.82, 2.24) is 4.98 Å². The fourth-order valence-electron chi connectivity index (χ4n) is 4.51. The Bertz CT molecular complexity index is 1370.